The number of hydrogen-bond acceptors (Lipinski definition) is 3. The minimum atomic E-state index is 0.0605. The molecule has 72 valence electrons. The van der Waals surface area contributed by atoms with E-state index >= 15 is 0 Å². The number of nitrogens with zero attached hydrogens (tertiary/aromatic N) is 1. The van der Waals surface area contributed by atoms with Crippen molar-refractivity contribution in [2.24, 2.45) is 0 Å². The third kappa shape index (κ3) is 6.12. The third-order valence-electron chi connectivity index (χ3n) is 1.54. The zero-order valence-electron chi connectivity index (χ0n) is 8.00. The van der Waals surface area contributed by atoms with Gasteiger partial charge in [-0.05, 0) is 0 Å². The fourth-order valence-corrected chi connectivity index (χ4v) is 0.603. The fourth-order valence-electron chi connectivity index (χ4n) is 0.603. The van der Waals surface area contributed by atoms with Crippen molar-refractivity contribution in [2.45, 2.75) is 6.92 Å². The number of ether oxygens (including phenoxy) is 2. The predicted molar refractivity (Wildman–Crippen MR) is 46.0 cm³/mol. The van der Waals surface area contributed by atoms with E-state index in [-0.39, 0.29) is 5.91 Å². The number of carbonyl (C=O) groups is 1. The van der Waals surface area contributed by atoms with Crippen LogP contribution < -0.4 is 0 Å². The second-order valence-electron chi connectivity index (χ2n) is 2.55. The Morgan fingerprint density at radius 3 is 2.50 bits per heavy atom. The third-order valence-corrected chi connectivity index (χ3v) is 1.54. The number of hydrogen-bond donors (Lipinski definition) is 0. The Kier molecular flexibility index (Phi) is 6.70. The van der Waals surface area contributed by atoms with Crippen molar-refractivity contribution in [1.82, 2.24) is 4.90 Å². The van der Waals surface area contributed by atoms with Crippen LogP contribution in [0.2, 0.25) is 0 Å². The average molecular weight is 175 g/mol. The van der Waals surface area contributed by atoms with Crippen LogP contribution in [0.3, 0.4) is 0 Å². The van der Waals surface area contributed by atoms with E-state index in [1.54, 1.807) is 19.1 Å². The van der Waals surface area contributed by atoms with E-state index in [2.05, 4.69) is 0 Å². The summed E-state index contributed by atoms with van der Waals surface area (Å²) in [6.45, 7) is 3.93. The SMILES string of the molecule is COCCOCCN(C)C(C)=O. The first kappa shape index (κ1) is 11.4. The van der Waals surface area contributed by atoms with Gasteiger partial charge in [-0.3, -0.25) is 4.79 Å². The van der Waals surface area contributed by atoms with Crippen molar-refractivity contribution in [3.63, 3.8) is 0 Å². The second-order valence-corrected chi connectivity index (χ2v) is 2.55. The standard InChI is InChI=1S/C8H17NO3/c1-8(10)9(2)4-5-12-7-6-11-3/h4-7H2,1-3H3. The van der Waals surface area contributed by atoms with Gasteiger partial charge in [-0.2, -0.15) is 0 Å². The predicted octanol–water partition coefficient (Wildman–Crippen LogP) is 0.128. The smallest absolute Gasteiger partial charge is 0.219 e. The van der Waals surface area contributed by atoms with Crippen LogP contribution in [0, 0.1) is 0 Å². The summed E-state index contributed by atoms with van der Waals surface area (Å²) in [5.74, 6) is 0.0605. The first-order valence-corrected chi connectivity index (χ1v) is 3.97. The summed E-state index contributed by atoms with van der Waals surface area (Å²) in [7, 11) is 3.38. The van der Waals surface area contributed by atoms with Crippen LogP contribution in [0.4, 0.5) is 0 Å². The maximum absolute atomic E-state index is 10.7. The van der Waals surface area contributed by atoms with Gasteiger partial charge in [-0.1, -0.05) is 0 Å². The molecule has 0 N–H and O–H groups in total. The van der Waals surface area contributed by atoms with Crippen LogP contribution in [-0.2, 0) is 14.3 Å². The lowest BCUT2D eigenvalue weighted by atomic mass is 10.5. The Morgan fingerprint density at radius 2 is 2.00 bits per heavy atom. The molecule has 0 fully saturated rings. The molecule has 0 radical (unpaired) electrons. The van der Waals surface area contributed by atoms with Crippen LogP contribution >= 0.6 is 0 Å². The van der Waals surface area contributed by atoms with Crippen LogP contribution in [0.25, 0.3) is 0 Å². The van der Waals surface area contributed by atoms with Crippen molar-refractivity contribution in [3.8, 4) is 0 Å². The molecule has 0 bridgehead atoms. The van der Waals surface area contributed by atoms with Gasteiger partial charge >= 0.3 is 0 Å². The van der Waals surface area contributed by atoms with Gasteiger partial charge in [0.15, 0.2) is 0 Å². The molecule has 0 aliphatic rings. The van der Waals surface area contributed by atoms with E-state index in [1.165, 1.54) is 6.92 Å². The molecule has 0 spiro atoms. The molecule has 0 saturated heterocycles. The molecule has 0 heterocycles. The maximum Gasteiger partial charge on any atom is 0.219 e. The lowest BCUT2D eigenvalue weighted by Crippen LogP contribution is -2.28. The minimum absolute atomic E-state index is 0.0605. The molecule has 0 aliphatic heterocycles. The fraction of sp³-hybridized carbons (Fsp3) is 0.875. The number of rotatable bonds is 6. The molecular formula is C8H17NO3. The molecule has 0 aromatic heterocycles. The number of amides is 1. The van der Waals surface area contributed by atoms with Gasteiger partial charge in [-0.15, -0.1) is 0 Å². The molecule has 4 nitrogen and oxygen atoms in total. The molecule has 0 aromatic carbocycles. The Balaban J connectivity index is 3.14. The summed E-state index contributed by atoms with van der Waals surface area (Å²) >= 11 is 0. The molecule has 0 unspecified atom stereocenters. The van der Waals surface area contributed by atoms with Crippen LogP contribution in [0.1, 0.15) is 6.92 Å². The van der Waals surface area contributed by atoms with Crippen LogP contribution in [0.15, 0.2) is 0 Å². The molecule has 0 aromatic rings. The van der Waals surface area contributed by atoms with Crippen molar-refractivity contribution < 1.29 is 14.3 Å². The molecule has 0 aliphatic carbocycles. The van der Waals surface area contributed by atoms with Crippen molar-refractivity contribution in [2.75, 3.05) is 40.5 Å². The number of methoxy groups -OCH3 is 1. The molecule has 1 amide bonds. The van der Waals surface area contributed by atoms with Crippen LogP contribution in [-0.4, -0.2) is 51.3 Å². The summed E-state index contributed by atoms with van der Waals surface area (Å²) in [6, 6.07) is 0. The molecule has 0 atom stereocenters. The Labute approximate surface area is 73.4 Å². The summed E-state index contributed by atoms with van der Waals surface area (Å²) < 4.78 is 9.97. The van der Waals surface area contributed by atoms with Gasteiger partial charge in [0.05, 0.1) is 19.8 Å². The molecule has 12 heavy (non-hydrogen) atoms. The Morgan fingerprint density at radius 1 is 1.33 bits per heavy atom. The summed E-state index contributed by atoms with van der Waals surface area (Å²) in [4.78, 5) is 12.3. The van der Waals surface area contributed by atoms with Crippen molar-refractivity contribution >= 4 is 5.91 Å². The highest BCUT2D eigenvalue weighted by molar-refractivity contribution is 5.72. The summed E-state index contributed by atoms with van der Waals surface area (Å²) in [5, 5.41) is 0. The van der Waals surface area contributed by atoms with E-state index < -0.39 is 0 Å². The highest BCUT2D eigenvalue weighted by Gasteiger charge is 1.99. The van der Waals surface area contributed by atoms with E-state index in [0.29, 0.717) is 26.4 Å². The Bertz CT molecular complexity index is 127. The van der Waals surface area contributed by atoms with Crippen molar-refractivity contribution in [3.05, 3.63) is 0 Å². The maximum atomic E-state index is 10.7. The van der Waals surface area contributed by atoms with Gasteiger partial charge in [0, 0.05) is 27.6 Å². The normalized spacial score (nSPS) is 9.92. The molecular weight excluding hydrogens is 158 g/mol. The summed E-state index contributed by atoms with van der Waals surface area (Å²) in [5.41, 5.74) is 0. The topological polar surface area (TPSA) is 38.8 Å². The number of carbonyl (C=O) groups excluding carboxylic acids is 1. The highest BCUT2D eigenvalue weighted by atomic mass is 16.5. The molecule has 0 saturated carbocycles. The highest BCUT2D eigenvalue weighted by Crippen LogP contribution is 1.84. The van der Waals surface area contributed by atoms with E-state index in [1.807, 2.05) is 0 Å². The van der Waals surface area contributed by atoms with Crippen molar-refractivity contribution in [1.29, 1.82) is 0 Å². The van der Waals surface area contributed by atoms with Gasteiger partial charge in [0.1, 0.15) is 0 Å². The first-order chi connectivity index (χ1) is 5.68. The molecule has 4 heteroatoms. The largest absolute Gasteiger partial charge is 0.382 e. The monoisotopic (exact) mass is 175 g/mol. The quantitative estimate of drug-likeness (QED) is 0.538. The molecule has 0 rings (SSSR count). The zero-order valence-corrected chi connectivity index (χ0v) is 8.00. The van der Waals surface area contributed by atoms with E-state index in [4.69, 9.17) is 9.47 Å². The van der Waals surface area contributed by atoms with Gasteiger partial charge < -0.3 is 14.4 Å². The minimum Gasteiger partial charge on any atom is -0.382 e. The zero-order chi connectivity index (χ0) is 9.40. The van der Waals surface area contributed by atoms with Gasteiger partial charge in [-0.25, -0.2) is 0 Å². The van der Waals surface area contributed by atoms with E-state index in [0.717, 1.165) is 0 Å². The summed E-state index contributed by atoms with van der Waals surface area (Å²) in [6.07, 6.45) is 0. The van der Waals surface area contributed by atoms with E-state index in [9.17, 15) is 4.79 Å². The van der Waals surface area contributed by atoms with Gasteiger partial charge in [0.25, 0.3) is 0 Å². The Hall–Kier alpha value is -0.610. The lowest BCUT2D eigenvalue weighted by Gasteiger charge is -2.14. The second kappa shape index (κ2) is 7.06. The average Bonchev–Trinajstić information content (AvgIpc) is 2.03. The first-order valence-electron chi connectivity index (χ1n) is 3.97. The number of likely N-dealkylation sites (N-methyl/N-ethyl adjacent to an activating group) is 1. The lowest BCUT2D eigenvalue weighted by molar-refractivity contribution is -0.128. The van der Waals surface area contributed by atoms with Crippen LogP contribution in [0.5, 0.6) is 0 Å². The van der Waals surface area contributed by atoms with Gasteiger partial charge in [0.2, 0.25) is 5.91 Å².